The van der Waals surface area contributed by atoms with Crippen LogP contribution in [0.25, 0.3) is 10.9 Å². The molecule has 0 radical (unpaired) electrons. The minimum Gasteiger partial charge on any atom is -0.383 e. The summed E-state index contributed by atoms with van der Waals surface area (Å²) in [6, 6.07) is 8.39. The molecule has 1 aromatic carbocycles. The topological polar surface area (TPSA) is 80.7 Å². The van der Waals surface area contributed by atoms with Crippen molar-refractivity contribution in [3.63, 3.8) is 0 Å². The van der Waals surface area contributed by atoms with Crippen molar-refractivity contribution in [2.45, 2.75) is 38.8 Å². The van der Waals surface area contributed by atoms with Crippen LogP contribution < -0.4 is 5.32 Å². The number of aromatic nitrogens is 5. The standard InChI is InChI=1S/C18H26N6O/c1-4-18(2,17-21-22-23-24(17)11-12-25-3)20-10-9-14-13-19-16-8-6-5-7-15(14)16/h5-8,13,19-20H,4,9-12H2,1-3H3. The highest BCUT2D eigenvalue weighted by atomic mass is 16.5. The van der Waals surface area contributed by atoms with E-state index in [1.807, 2.05) is 4.68 Å². The molecule has 7 nitrogen and oxygen atoms in total. The third-order valence-electron chi connectivity index (χ3n) is 4.82. The molecule has 2 N–H and O–H groups in total. The van der Waals surface area contributed by atoms with Gasteiger partial charge in [-0.2, -0.15) is 0 Å². The van der Waals surface area contributed by atoms with E-state index in [0.717, 1.165) is 25.2 Å². The van der Waals surface area contributed by atoms with Crippen molar-refractivity contribution in [2.24, 2.45) is 0 Å². The van der Waals surface area contributed by atoms with E-state index in [1.54, 1.807) is 7.11 Å². The third kappa shape index (κ3) is 3.72. The predicted molar refractivity (Wildman–Crippen MR) is 97.3 cm³/mol. The van der Waals surface area contributed by atoms with Crippen molar-refractivity contribution in [2.75, 3.05) is 20.3 Å². The molecule has 1 unspecified atom stereocenters. The Morgan fingerprint density at radius 3 is 2.96 bits per heavy atom. The largest absolute Gasteiger partial charge is 0.383 e. The number of methoxy groups -OCH3 is 1. The number of ether oxygens (including phenoxy) is 1. The lowest BCUT2D eigenvalue weighted by Gasteiger charge is -2.28. The number of nitrogens with one attached hydrogen (secondary N) is 2. The van der Waals surface area contributed by atoms with Gasteiger partial charge in [-0.05, 0) is 41.8 Å². The number of aromatic amines is 1. The first kappa shape index (κ1) is 17.6. The number of benzene rings is 1. The molecule has 0 bridgehead atoms. The number of hydrogen-bond acceptors (Lipinski definition) is 5. The molecule has 3 rings (SSSR count). The van der Waals surface area contributed by atoms with Crippen molar-refractivity contribution in [3.8, 4) is 0 Å². The Balaban J connectivity index is 1.68. The maximum atomic E-state index is 5.15. The Bertz CT molecular complexity index is 811. The van der Waals surface area contributed by atoms with Gasteiger partial charge in [0, 0.05) is 30.8 Å². The maximum absolute atomic E-state index is 5.15. The summed E-state index contributed by atoms with van der Waals surface area (Å²) in [5.74, 6) is 0.853. The van der Waals surface area contributed by atoms with Crippen molar-refractivity contribution in [1.82, 2.24) is 30.5 Å². The summed E-state index contributed by atoms with van der Waals surface area (Å²) in [6.07, 6.45) is 3.94. The van der Waals surface area contributed by atoms with E-state index in [1.165, 1.54) is 16.5 Å². The second-order valence-electron chi connectivity index (χ2n) is 6.44. The minimum absolute atomic E-state index is 0.274. The van der Waals surface area contributed by atoms with Crippen molar-refractivity contribution < 1.29 is 4.74 Å². The average Bonchev–Trinajstić information content (AvgIpc) is 3.27. The second-order valence-corrected chi connectivity index (χ2v) is 6.44. The number of fused-ring (bicyclic) bond motifs is 1. The molecule has 134 valence electrons. The number of hydrogen-bond donors (Lipinski definition) is 2. The average molecular weight is 342 g/mol. The van der Waals surface area contributed by atoms with Crippen LogP contribution in [0.5, 0.6) is 0 Å². The van der Waals surface area contributed by atoms with Crippen LogP contribution in [-0.2, 0) is 23.2 Å². The molecule has 1 atom stereocenters. The Morgan fingerprint density at radius 2 is 2.16 bits per heavy atom. The molecular formula is C18H26N6O. The fourth-order valence-electron chi connectivity index (χ4n) is 3.10. The summed E-state index contributed by atoms with van der Waals surface area (Å²) in [4.78, 5) is 3.33. The monoisotopic (exact) mass is 342 g/mol. The fraction of sp³-hybridized carbons (Fsp3) is 0.500. The molecule has 0 aliphatic carbocycles. The van der Waals surface area contributed by atoms with Crippen LogP contribution in [-0.4, -0.2) is 45.5 Å². The summed E-state index contributed by atoms with van der Waals surface area (Å²) in [7, 11) is 1.68. The zero-order chi connectivity index (χ0) is 17.7. The van der Waals surface area contributed by atoms with E-state index in [4.69, 9.17) is 4.74 Å². The highest BCUT2D eigenvalue weighted by molar-refractivity contribution is 5.83. The SMILES string of the molecule is CCC(C)(NCCc1c[nH]c2ccccc12)c1nnnn1CCOC. The molecule has 3 aromatic rings. The summed E-state index contributed by atoms with van der Waals surface area (Å²) in [6.45, 7) is 6.39. The van der Waals surface area contributed by atoms with Gasteiger partial charge in [-0.25, -0.2) is 4.68 Å². The van der Waals surface area contributed by atoms with E-state index >= 15 is 0 Å². The quantitative estimate of drug-likeness (QED) is 0.623. The zero-order valence-corrected chi connectivity index (χ0v) is 15.1. The lowest BCUT2D eigenvalue weighted by molar-refractivity contribution is 0.178. The van der Waals surface area contributed by atoms with Gasteiger partial charge in [0.05, 0.1) is 18.7 Å². The van der Waals surface area contributed by atoms with E-state index in [-0.39, 0.29) is 5.54 Å². The molecule has 2 heterocycles. The zero-order valence-electron chi connectivity index (χ0n) is 15.1. The van der Waals surface area contributed by atoms with Gasteiger partial charge in [-0.15, -0.1) is 5.10 Å². The van der Waals surface area contributed by atoms with Gasteiger partial charge in [0.2, 0.25) is 0 Å². The predicted octanol–water partition coefficient (Wildman–Crippen LogP) is 2.26. The van der Waals surface area contributed by atoms with Crippen LogP contribution in [0.3, 0.4) is 0 Å². The number of para-hydroxylation sites is 1. The van der Waals surface area contributed by atoms with Crippen molar-refractivity contribution in [3.05, 3.63) is 41.9 Å². The number of tetrazole rings is 1. The van der Waals surface area contributed by atoms with Crippen molar-refractivity contribution in [1.29, 1.82) is 0 Å². The third-order valence-corrected chi connectivity index (χ3v) is 4.82. The minimum atomic E-state index is -0.274. The van der Waals surface area contributed by atoms with Gasteiger partial charge in [-0.1, -0.05) is 25.1 Å². The smallest absolute Gasteiger partial charge is 0.171 e. The van der Waals surface area contributed by atoms with Crippen molar-refractivity contribution >= 4 is 10.9 Å². The second kappa shape index (κ2) is 7.76. The first-order valence-corrected chi connectivity index (χ1v) is 8.73. The lowest BCUT2D eigenvalue weighted by atomic mass is 9.97. The first-order valence-electron chi connectivity index (χ1n) is 8.73. The van der Waals surface area contributed by atoms with Gasteiger partial charge < -0.3 is 15.0 Å². The molecular weight excluding hydrogens is 316 g/mol. The molecule has 2 aromatic heterocycles. The Kier molecular flexibility index (Phi) is 5.45. The van der Waals surface area contributed by atoms with E-state index in [9.17, 15) is 0 Å². The van der Waals surface area contributed by atoms with Crippen LogP contribution in [0.15, 0.2) is 30.5 Å². The highest BCUT2D eigenvalue weighted by Gasteiger charge is 2.30. The van der Waals surface area contributed by atoms with E-state index in [2.05, 4.69) is 70.1 Å². The molecule has 25 heavy (non-hydrogen) atoms. The van der Waals surface area contributed by atoms with E-state index in [0.29, 0.717) is 13.2 Å². The van der Waals surface area contributed by atoms with Gasteiger partial charge in [0.1, 0.15) is 0 Å². The van der Waals surface area contributed by atoms with Crippen LogP contribution in [0.4, 0.5) is 0 Å². The molecule has 0 amide bonds. The van der Waals surface area contributed by atoms with E-state index < -0.39 is 0 Å². The molecule has 0 fully saturated rings. The van der Waals surface area contributed by atoms with Gasteiger partial charge in [0.25, 0.3) is 0 Å². The Labute approximate surface area is 147 Å². The normalized spacial score (nSPS) is 14.0. The summed E-state index contributed by atoms with van der Waals surface area (Å²) in [5.41, 5.74) is 2.23. The van der Waals surface area contributed by atoms with Gasteiger partial charge in [0.15, 0.2) is 5.82 Å². The Hall–Kier alpha value is -2.25. The highest BCUT2D eigenvalue weighted by Crippen LogP contribution is 2.23. The molecule has 0 aliphatic heterocycles. The molecule has 0 saturated heterocycles. The molecule has 0 spiro atoms. The number of H-pyrrole nitrogens is 1. The Morgan fingerprint density at radius 1 is 1.32 bits per heavy atom. The molecule has 0 saturated carbocycles. The van der Waals surface area contributed by atoms with Gasteiger partial charge in [-0.3, -0.25) is 0 Å². The lowest BCUT2D eigenvalue weighted by Crippen LogP contribution is -2.42. The summed E-state index contributed by atoms with van der Waals surface area (Å²) in [5, 5.41) is 17.1. The van der Waals surface area contributed by atoms with Gasteiger partial charge >= 0.3 is 0 Å². The molecule has 0 aliphatic rings. The molecule has 7 heteroatoms. The van der Waals surface area contributed by atoms with Crippen LogP contribution in [0.1, 0.15) is 31.7 Å². The van der Waals surface area contributed by atoms with Crippen LogP contribution in [0, 0.1) is 0 Å². The number of rotatable bonds is 9. The summed E-state index contributed by atoms with van der Waals surface area (Å²) < 4.78 is 6.97. The summed E-state index contributed by atoms with van der Waals surface area (Å²) >= 11 is 0. The maximum Gasteiger partial charge on any atom is 0.171 e. The van der Waals surface area contributed by atoms with Crippen LogP contribution >= 0.6 is 0 Å². The fourth-order valence-corrected chi connectivity index (χ4v) is 3.10. The van der Waals surface area contributed by atoms with Crippen LogP contribution in [0.2, 0.25) is 0 Å². The first-order chi connectivity index (χ1) is 12.2. The number of nitrogens with zero attached hydrogens (tertiary/aromatic N) is 4.